The summed E-state index contributed by atoms with van der Waals surface area (Å²) in [5.41, 5.74) is 1.46. The van der Waals surface area contributed by atoms with Gasteiger partial charge in [0.1, 0.15) is 24.6 Å². The number of amides is 3. The van der Waals surface area contributed by atoms with Crippen molar-refractivity contribution in [3.8, 4) is 0 Å². The van der Waals surface area contributed by atoms with E-state index in [0.29, 0.717) is 11.2 Å². The Balaban J connectivity index is 1.49. The van der Waals surface area contributed by atoms with E-state index in [1.165, 1.54) is 24.0 Å². The van der Waals surface area contributed by atoms with Gasteiger partial charge >= 0.3 is 0 Å². The summed E-state index contributed by atoms with van der Waals surface area (Å²) in [6, 6.07) is 10.7. The second-order valence-corrected chi connectivity index (χ2v) is 8.60. The number of hydrogen-bond acceptors (Lipinski definition) is 3. The van der Waals surface area contributed by atoms with Crippen LogP contribution in [-0.2, 0) is 27.5 Å². The van der Waals surface area contributed by atoms with Crippen molar-refractivity contribution in [3.63, 3.8) is 0 Å². The smallest absolute Gasteiger partial charge is 0.243 e. The number of anilines is 1. The SMILES string of the molecule is CC(=O)Nc1cn(CC(=O)N2C[C@H](F)C[C@H]2C(=O)NCc2cccc(Cl)c2F)c2ccccc12. The number of likely N-dealkylation sites (tertiary alicyclic amines) is 1. The van der Waals surface area contributed by atoms with Crippen molar-refractivity contribution < 1.29 is 23.2 Å². The Hall–Kier alpha value is -3.46. The number of carbonyl (C=O) groups is 3. The molecule has 1 saturated heterocycles. The first kappa shape index (κ1) is 23.7. The number of carbonyl (C=O) groups excluding carboxylic acids is 3. The molecule has 0 aliphatic carbocycles. The van der Waals surface area contributed by atoms with E-state index < -0.39 is 29.8 Å². The minimum atomic E-state index is -1.35. The minimum Gasteiger partial charge on any atom is -0.350 e. The summed E-state index contributed by atoms with van der Waals surface area (Å²) < 4.78 is 30.0. The lowest BCUT2D eigenvalue weighted by molar-refractivity contribution is -0.139. The molecule has 0 spiro atoms. The number of alkyl halides is 1. The fraction of sp³-hybridized carbons (Fsp3) is 0.292. The standard InChI is InChI=1S/C24H23ClF2N4O3/c1-14(32)29-19-12-30(20-8-3-2-6-17(19)20)13-22(33)31-11-16(26)9-21(31)24(34)28-10-15-5-4-7-18(25)23(15)27/h2-8,12,16,21H,9-11,13H2,1H3,(H,28,34)(H,29,32)/t16-,21+/m1/s1. The van der Waals surface area contributed by atoms with Crippen LogP contribution >= 0.6 is 11.6 Å². The van der Waals surface area contributed by atoms with Crippen LogP contribution < -0.4 is 10.6 Å². The molecule has 3 aromatic rings. The highest BCUT2D eigenvalue weighted by molar-refractivity contribution is 6.30. The average Bonchev–Trinajstić information content (AvgIpc) is 3.35. The summed E-state index contributed by atoms with van der Waals surface area (Å²) in [4.78, 5) is 38.7. The minimum absolute atomic E-state index is 0.0641. The third-order valence-electron chi connectivity index (χ3n) is 5.76. The summed E-state index contributed by atoms with van der Waals surface area (Å²) in [5.74, 6) is -1.89. The van der Waals surface area contributed by atoms with Gasteiger partial charge in [-0.25, -0.2) is 8.78 Å². The van der Waals surface area contributed by atoms with Crippen molar-refractivity contribution in [2.24, 2.45) is 0 Å². The molecule has 10 heteroatoms. The van der Waals surface area contributed by atoms with E-state index in [9.17, 15) is 23.2 Å². The maximum Gasteiger partial charge on any atom is 0.243 e. The highest BCUT2D eigenvalue weighted by Crippen LogP contribution is 2.27. The van der Waals surface area contributed by atoms with Crippen molar-refractivity contribution in [1.82, 2.24) is 14.8 Å². The molecule has 34 heavy (non-hydrogen) atoms. The van der Waals surface area contributed by atoms with E-state index in [2.05, 4.69) is 10.6 Å². The fourth-order valence-corrected chi connectivity index (χ4v) is 4.39. The van der Waals surface area contributed by atoms with Crippen LogP contribution in [0.4, 0.5) is 14.5 Å². The van der Waals surface area contributed by atoms with Crippen LogP contribution in [0.15, 0.2) is 48.7 Å². The summed E-state index contributed by atoms with van der Waals surface area (Å²) in [7, 11) is 0. The lowest BCUT2D eigenvalue weighted by Gasteiger charge is -2.24. The number of halogens is 3. The van der Waals surface area contributed by atoms with Gasteiger partial charge in [0.05, 0.1) is 22.8 Å². The molecule has 7 nitrogen and oxygen atoms in total. The molecule has 2 N–H and O–H groups in total. The number of hydrogen-bond donors (Lipinski definition) is 2. The van der Waals surface area contributed by atoms with Crippen molar-refractivity contribution >= 4 is 45.9 Å². The third kappa shape index (κ3) is 4.89. The Morgan fingerprint density at radius 3 is 2.68 bits per heavy atom. The van der Waals surface area contributed by atoms with Gasteiger partial charge in [-0.1, -0.05) is 41.9 Å². The normalized spacial score (nSPS) is 17.7. The zero-order chi connectivity index (χ0) is 24.4. The molecule has 4 rings (SSSR count). The molecule has 2 atom stereocenters. The van der Waals surface area contributed by atoms with E-state index >= 15 is 0 Å². The van der Waals surface area contributed by atoms with Gasteiger partial charge in [-0.15, -0.1) is 0 Å². The average molecular weight is 489 g/mol. The summed E-state index contributed by atoms with van der Waals surface area (Å²) in [6.07, 6.45) is 0.155. The Bertz CT molecular complexity index is 1260. The first-order chi connectivity index (χ1) is 16.2. The van der Waals surface area contributed by atoms with Gasteiger partial charge in [0.25, 0.3) is 0 Å². The Labute approximate surface area is 199 Å². The highest BCUT2D eigenvalue weighted by Gasteiger charge is 2.39. The van der Waals surface area contributed by atoms with Crippen molar-refractivity contribution in [2.45, 2.75) is 38.6 Å². The molecular weight excluding hydrogens is 466 g/mol. The molecule has 1 fully saturated rings. The van der Waals surface area contributed by atoms with Crippen LogP contribution in [0.2, 0.25) is 5.02 Å². The maximum absolute atomic E-state index is 14.3. The number of rotatable bonds is 6. The van der Waals surface area contributed by atoms with E-state index in [0.717, 1.165) is 5.39 Å². The van der Waals surface area contributed by atoms with Crippen LogP contribution in [0, 0.1) is 5.82 Å². The second kappa shape index (κ2) is 9.80. The number of benzene rings is 2. The van der Waals surface area contributed by atoms with Crippen LogP contribution in [0.5, 0.6) is 0 Å². The monoisotopic (exact) mass is 488 g/mol. The molecule has 1 aliphatic heterocycles. The van der Waals surface area contributed by atoms with Crippen molar-refractivity contribution in [3.05, 3.63) is 65.1 Å². The van der Waals surface area contributed by atoms with Gasteiger partial charge in [-0.3, -0.25) is 14.4 Å². The maximum atomic E-state index is 14.3. The third-order valence-corrected chi connectivity index (χ3v) is 6.05. The molecular formula is C24H23ClF2N4O3. The number of fused-ring (bicyclic) bond motifs is 1. The second-order valence-electron chi connectivity index (χ2n) is 8.19. The van der Waals surface area contributed by atoms with Gasteiger partial charge in [-0.05, 0) is 12.1 Å². The molecule has 0 saturated carbocycles. The van der Waals surface area contributed by atoms with E-state index in [-0.39, 0.29) is 42.5 Å². The summed E-state index contributed by atoms with van der Waals surface area (Å²) >= 11 is 5.77. The van der Waals surface area contributed by atoms with Crippen molar-refractivity contribution in [2.75, 3.05) is 11.9 Å². The molecule has 0 bridgehead atoms. The molecule has 0 radical (unpaired) electrons. The van der Waals surface area contributed by atoms with Crippen LogP contribution in [-0.4, -0.2) is 45.9 Å². The van der Waals surface area contributed by atoms with Gasteiger partial charge < -0.3 is 20.1 Å². The molecule has 1 aromatic heterocycles. The number of nitrogens with one attached hydrogen (secondary N) is 2. The quantitative estimate of drug-likeness (QED) is 0.555. The molecule has 2 heterocycles. The number of para-hydroxylation sites is 1. The zero-order valence-corrected chi connectivity index (χ0v) is 19.1. The highest BCUT2D eigenvalue weighted by atomic mass is 35.5. The Kier molecular flexibility index (Phi) is 6.83. The summed E-state index contributed by atoms with van der Waals surface area (Å²) in [5, 5.41) is 6.01. The lowest BCUT2D eigenvalue weighted by Crippen LogP contribution is -2.46. The van der Waals surface area contributed by atoms with Gasteiger partial charge in [0.2, 0.25) is 17.7 Å². The predicted molar refractivity (Wildman–Crippen MR) is 125 cm³/mol. The van der Waals surface area contributed by atoms with E-state index in [1.807, 2.05) is 12.1 Å². The molecule has 2 aromatic carbocycles. The first-order valence-electron chi connectivity index (χ1n) is 10.7. The topological polar surface area (TPSA) is 83.4 Å². The van der Waals surface area contributed by atoms with Gasteiger partial charge in [0.15, 0.2) is 0 Å². The summed E-state index contributed by atoms with van der Waals surface area (Å²) in [6.45, 7) is 0.907. The lowest BCUT2D eigenvalue weighted by atomic mass is 10.1. The van der Waals surface area contributed by atoms with Gasteiger partial charge in [-0.2, -0.15) is 0 Å². The van der Waals surface area contributed by atoms with Crippen LogP contribution in [0.25, 0.3) is 10.9 Å². The molecule has 3 amide bonds. The molecule has 0 unspecified atom stereocenters. The van der Waals surface area contributed by atoms with Crippen LogP contribution in [0.1, 0.15) is 18.9 Å². The van der Waals surface area contributed by atoms with Crippen LogP contribution in [0.3, 0.4) is 0 Å². The Morgan fingerprint density at radius 1 is 1.15 bits per heavy atom. The van der Waals surface area contributed by atoms with Crippen molar-refractivity contribution in [1.29, 1.82) is 0 Å². The predicted octanol–water partition coefficient (Wildman–Crippen LogP) is 3.65. The van der Waals surface area contributed by atoms with E-state index in [4.69, 9.17) is 11.6 Å². The first-order valence-corrected chi connectivity index (χ1v) is 11.1. The van der Waals surface area contributed by atoms with Gasteiger partial charge in [0, 0.05) is 37.0 Å². The number of nitrogens with zero attached hydrogens (tertiary/aromatic N) is 2. The largest absolute Gasteiger partial charge is 0.350 e. The number of aromatic nitrogens is 1. The Morgan fingerprint density at radius 2 is 1.91 bits per heavy atom. The van der Waals surface area contributed by atoms with E-state index in [1.54, 1.807) is 29.0 Å². The molecule has 178 valence electrons. The zero-order valence-electron chi connectivity index (χ0n) is 18.4. The molecule has 1 aliphatic rings. The fourth-order valence-electron chi connectivity index (χ4n) is 4.20.